The van der Waals surface area contributed by atoms with E-state index in [1.165, 1.54) is 82.8 Å². The molecule has 2 nitrogen and oxygen atoms in total. The summed E-state index contributed by atoms with van der Waals surface area (Å²) in [6, 6.07) is 75.6. The molecular weight excluding hydrogens is 689 g/mol. The molecule has 1 aliphatic rings. The maximum absolute atomic E-state index is 2.47. The first-order chi connectivity index (χ1) is 28.0. The average molecular weight is 729 g/mol. The first kappa shape index (κ1) is 33.2. The molecule has 1 heterocycles. The molecule has 0 bridgehead atoms. The molecule has 2 heteroatoms. The van der Waals surface area contributed by atoms with E-state index in [0.717, 1.165) is 17.1 Å². The molecule has 0 saturated carbocycles. The smallest absolute Gasteiger partial charge is 0.0619 e. The van der Waals surface area contributed by atoms with Gasteiger partial charge in [-0.05, 0) is 92.9 Å². The normalized spacial score (nSPS) is 12.9. The number of nitrogens with zero attached hydrogens (tertiary/aromatic N) is 2. The van der Waals surface area contributed by atoms with Crippen LogP contribution in [0.15, 0.2) is 206 Å². The Bertz CT molecular complexity index is 3130. The van der Waals surface area contributed by atoms with Gasteiger partial charge in [0.1, 0.15) is 0 Å². The van der Waals surface area contributed by atoms with Gasteiger partial charge in [-0.25, -0.2) is 0 Å². The van der Waals surface area contributed by atoms with E-state index in [1.54, 1.807) is 0 Å². The fourth-order valence-corrected chi connectivity index (χ4v) is 9.40. The van der Waals surface area contributed by atoms with Gasteiger partial charge in [-0.1, -0.05) is 172 Å². The number of aromatic nitrogens is 1. The lowest BCUT2D eigenvalue weighted by Crippen LogP contribution is -2.16. The van der Waals surface area contributed by atoms with Crippen molar-refractivity contribution in [3.63, 3.8) is 0 Å². The van der Waals surface area contributed by atoms with E-state index < -0.39 is 0 Å². The molecule has 57 heavy (non-hydrogen) atoms. The largest absolute Gasteiger partial charge is 0.310 e. The van der Waals surface area contributed by atoms with Crippen molar-refractivity contribution in [1.82, 2.24) is 4.57 Å². The van der Waals surface area contributed by atoms with Crippen molar-refractivity contribution in [3.8, 4) is 39.1 Å². The van der Waals surface area contributed by atoms with E-state index in [4.69, 9.17) is 0 Å². The number of rotatable bonds is 6. The van der Waals surface area contributed by atoms with Crippen LogP contribution in [0.2, 0.25) is 0 Å². The molecule has 0 amide bonds. The lowest BCUT2D eigenvalue weighted by atomic mass is 9.82. The summed E-state index contributed by atoms with van der Waals surface area (Å²) in [5.41, 5.74) is 17.1. The van der Waals surface area contributed by atoms with Crippen LogP contribution in [0.3, 0.4) is 0 Å². The van der Waals surface area contributed by atoms with Crippen LogP contribution in [0.1, 0.15) is 25.0 Å². The maximum atomic E-state index is 2.47. The Morgan fingerprint density at radius 3 is 1.75 bits per heavy atom. The summed E-state index contributed by atoms with van der Waals surface area (Å²) in [6.07, 6.45) is 0. The van der Waals surface area contributed by atoms with Crippen molar-refractivity contribution in [2.24, 2.45) is 0 Å². The van der Waals surface area contributed by atoms with Crippen LogP contribution >= 0.6 is 0 Å². The molecule has 9 aromatic carbocycles. The van der Waals surface area contributed by atoms with Crippen LogP contribution in [0.5, 0.6) is 0 Å². The molecular formula is C55H40N2. The Balaban J connectivity index is 1.05. The lowest BCUT2D eigenvalue weighted by molar-refractivity contribution is 0.660. The molecule has 0 N–H and O–H groups in total. The second-order valence-corrected chi connectivity index (χ2v) is 15.7. The third-order valence-corrected chi connectivity index (χ3v) is 12.2. The van der Waals surface area contributed by atoms with E-state index in [-0.39, 0.29) is 5.41 Å². The third kappa shape index (κ3) is 5.25. The highest BCUT2D eigenvalue weighted by Crippen LogP contribution is 2.51. The highest BCUT2D eigenvalue weighted by molar-refractivity contribution is 6.19. The Morgan fingerprint density at radius 2 is 0.965 bits per heavy atom. The SMILES string of the molecule is CC1(C)c2ccccc2-c2ccc(N(c3ccc(-c4ccccc4)cc3)c3ccc(-c4ccccc4-n4c5ccccc5c5ccc6ccccc6c54)cc3)cc21. The van der Waals surface area contributed by atoms with Gasteiger partial charge in [0.05, 0.1) is 16.7 Å². The van der Waals surface area contributed by atoms with Crippen molar-refractivity contribution in [3.05, 3.63) is 217 Å². The van der Waals surface area contributed by atoms with E-state index in [0.29, 0.717) is 0 Å². The van der Waals surface area contributed by atoms with Crippen molar-refractivity contribution < 1.29 is 0 Å². The molecule has 1 aliphatic carbocycles. The molecule has 0 spiro atoms. The van der Waals surface area contributed by atoms with Gasteiger partial charge in [-0.2, -0.15) is 0 Å². The highest BCUT2D eigenvalue weighted by Gasteiger charge is 2.35. The molecule has 11 rings (SSSR count). The summed E-state index contributed by atoms with van der Waals surface area (Å²) in [7, 11) is 0. The quantitative estimate of drug-likeness (QED) is 0.165. The minimum Gasteiger partial charge on any atom is -0.310 e. The van der Waals surface area contributed by atoms with Gasteiger partial charge in [-0.15, -0.1) is 0 Å². The monoisotopic (exact) mass is 728 g/mol. The minimum atomic E-state index is -0.101. The zero-order valence-electron chi connectivity index (χ0n) is 32.0. The summed E-state index contributed by atoms with van der Waals surface area (Å²) < 4.78 is 2.47. The van der Waals surface area contributed by atoms with Crippen LogP contribution in [0, 0.1) is 0 Å². The van der Waals surface area contributed by atoms with Gasteiger partial charge >= 0.3 is 0 Å². The third-order valence-electron chi connectivity index (χ3n) is 12.2. The van der Waals surface area contributed by atoms with Gasteiger partial charge in [0, 0.05) is 44.2 Å². The van der Waals surface area contributed by atoms with Crippen molar-refractivity contribution >= 4 is 49.6 Å². The molecule has 270 valence electrons. The van der Waals surface area contributed by atoms with Crippen LogP contribution in [0.25, 0.3) is 71.6 Å². The molecule has 0 aliphatic heterocycles. The van der Waals surface area contributed by atoms with Crippen LogP contribution < -0.4 is 4.90 Å². The van der Waals surface area contributed by atoms with Gasteiger partial charge in [0.2, 0.25) is 0 Å². The number of fused-ring (bicyclic) bond motifs is 8. The number of anilines is 3. The predicted octanol–water partition coefficient (Wildman–Crippen LogP) is 15.0. The van der Waals surface area contributed by atoms with Gasteiger partial charge < -0.3 is 9.47 Å². The first-order valence-corrected chi connectivity index (χ1v) is 19.9. The Kier molecular flexibility index (Phi) is 7.55. The number of para-hydroxylation sites is 2. The summed E-state index contributed by atoms with van der Waals surface area (Å²) in [4.78, 5) is 2.41. The van der Waals surface area contributed by atoms with E-state index in [9.17, 15) is 0 Å². The fourth-order valence-electron chi connectivity index (χ4n) is 9.40. The zero-order chi connectivity index (χ0) is 38.1. The Hall–Kier alpha value is -7.16. The molecule has 1 aromatic heterocycles. The standard InChI is InChI=1S/C55H40N2/c1-55(2)50-21-11-8-19-46(50)47-35-33-43(36-51(47)55)56(41-29-24-38(25-30-41)37-14-4-3-5-15-37)42-31-26-40(27-32-42)44-17-9-12-22-52(44)57-53-23-13-10-20-48(53)49-34-28-39-16-6-7-18-45(39)54(49)57/h3-36H,1-2H3. The van der Waals surface area contributed by atoms with Crippen LogP contribution in [-0.4, -0.2) is 4.57 Å². The Morgan fingerprint density at radius 1 is 0.386 bits per heavy atom. The molecule has 0 atom stereocenters. The predicted molar refractivity (Wildman–Crippen MR) is 241 cm³/mol. The van der Waals surface area contributed by atoms with Crippen molar-refractivity contribution in [1.29, 1.82) is 0 Å². The number of hydrogen-bond donors (Lipinski definition) is 0. The molecule has 0 fully saturated rings. The zero-order valence-corrected chi connectivity index (χ0v) is 32.0. The van der Waals surface area contributed by atoms with Gasteiger partial charge in [-0.3, -0.25) is 0 Å². The van der Waals surface area contributed by atoms with Gasteiger partial charge in [0.15, 0.2) is 0 Å². The second-order valence-electron chi connectivity index (χ2n) is 15.7. The van der Waals surface area contributed by atoms with Gasteiger partial charge in [0.25, 0.3) is 0 Å². The van der Waals surface area contributed by atoms with E-state index in [2.05, 4.69) is 230 Å². The highest BCUT2D eigenvalue weighted by atomic mass is 15.1. The van der Waals surface area contributed by atoms with Crippen molar-refractivity contribution in [2.45, 2.75) is 19.3 Å². The van der Waals surface area contributed by atoms with E-state index >= 15 is 0 Å². The lowest BCUT2D eigenvalue weighted by Gasteiger charge is -2.28. The Labute approximate surface area is 333 Å². The average Bonchev–Trinajstić information content (AvgIpc) is 3.73. The summed E-state index contributed by atoms with van der Waals surface area (Å²) in [6.45, 7) is 4.71. The molecule has 0 radical (unpaired) electrons. The maximum Gasteiger partial charge on any atom is 0.0619 e. The van der Waals surface area contributed by atoms with Crippen LogP contribution in [0.4, 0.5) is 17.1 Å². The first-order valence-electron chi connectivity index (χ1n) is 19.9. The molecule has 10 aromatic rings. The number of benzene rings is 9. The minimum absolute atomic E-state index is 0.101. The molecule has 0 unspecified atom stereocenters. The van der Waals surface area contributed by atoms with Crippen molar-refractivity contribution in [2.75, 3.05) is 4.90 Å². The summed E-state index contributed by atoms with van der Waals surface area (Å²) >= 11 is 0. The topological polar surface area (TPSA) is 8.17 Å². The second kappa shape index (κ2) is 13.0. The fraction of sp³-hybridized carbons (Fsp3) is 0.0545. The molecule has 0 saturated heterocycles. The van der Waals surface area contributed by atoms with Crippen LogP contribution in [-0.2, 0) is 5.41 Å². The number of hydrogen-bond acceptors (Lipinski definition) is 1. The summed E-state index contributed by atoms with van der Waals surface area (Å²) in [5, 5.41) is 5.03. The van der Waals surface area contributed by atoms with E-state index in [1.807, 2.05) is 0 Å². The summed E-state index contributed by atoms with van der Waals surface area (Å²) in [5.74, 6) is 0.